The van der Waals surface area contributed by atoms with Gasteiger partial charge < -0.3 is 4.90 Å². The third-order valence-corrected chi connectivity index (χ3v) is 4.57. The minimum Gasteiger partial charge on any atom is -0.336 e. The molecule has 1 saturated heterocycles. The number of amides is 1. The van der Waals surface area contributed by atoms with E-state index >= 15 is 0 Å². The number of hydrogen-bond acceptors (Lipinski definition) is 4. The Balaban J connectivity index is 1.71. The van der Waals surface area contributed by atoms with Crippen molar-refractivity contribution in [3.63, 3.8) is 0 Å². The Morgan fingerprint density at radius 3 is 2.52 bits per heavy atom. The lowest BCUT2D eigenvalue weighted by atomic mass is 9.97. The van der Waals surface area contributed by atoms with Crippen LogP contribution in [0.5, 0.6) is 0 Å². The summed E-state index contributed by atoms with van der Waals surface area (Å²) < 4.78 is 0. The highest BCUT2D eigenvalue weighted by atomic mass is 35.5. The van der Waals surface area contributed by atoms with E-state index in [1.54, 1.807) is 12.1 Å². The molecular formula is C16H20ClN5O. The largest absolute Gasteiger partial charge is 0.336 e. The highest BCUT2D eigenvalue weighted by molar-refractivity contribution is 6.30. The second-order valence-electron chi connectivity index (χ2n) is 6.08. The quantitative estimate of drug-likeness (QED) is 0.866. The molecule has 0 saturated carbocycles. The van der Waals surface area contributed by atoms with Gasteiger partial charge in [0.1, 0.15) is 6.54 Å². The van der Waals surface area contributed by atoms with Gasteiger partial charge in [0.05, 0.1) is 0 Å². The van der Waals surface area contributed by atoms with Crippen molar-refractivity contribution in [3.05, 3.63) is 29.3 Å². The summed E-state index contributed by atoms with van der Waals surface area (Å²) in [6.45, 7) is 4.32. The first kappa shape index (κ1) is 15.9. The number of halogens is 1. The maximum absolute atomic E-state index is 12.6. The maximum Gasteiger partial charge on any atom is 0.246 e. The molecule has 6 nitrogen and oxygen atoms in total. The molecule has 1 aromatic carbocycles. The molecule has 1 amide bonds. The minimum atomic E-state index is 0.0461. The Labute approximate surface area is 140 Å². The molecule has 1 aromatic heterocycles. The van der Waals surface area contributed by atoms with E-state index in [4.69, 9.17) is 11.6 Å². The molecule has 7 heteroatoms. The monoisotopic (exact) mass is 333 g/mol. The van der Waals surface area contributed by atoms with Gasteiger partial charge in [0, 0.05) is 22.7 Å². The average molecular weight is 334 g/mol. The van der Waals surface area contributed by atoms with E-state index in [1.807, 2.05) is 17.0 Å². The molecule has 122 valence electrons. The van der Waals surface area contributed by atoms with Gasteiger partial charge in [-0.15, -0.1) is 10.2 Å². The van der Waals surface area contributed by atoms with Crippen LogP contribution in [0.3, 0.4) is 0 Å². The highest BCUT2D eigenvalue weighted by Crippen LogP contribution is 2.23. The number of hydrogen-bond donors (Lipinski definition) is 0. The predicted octanol–water partition coefficient (Wildman–Crippen LogP) is 2.78. The van der Waals surface area contributed by atoms with E-state index in [0.29, 0.717) is 10.8 Å². The zero-order chi connectivity index (χ0) is 16.4. The van der Waals surface area contributed by atoms with Gasteiger partial charge in [-0.3, -0.25) is 4.79 Å². The third kappa shape index (κ3) is 3.52. The van der Waals surface area contributed by atoms with Crippen molar-refractivity contribution in [1.82, 2.24) is 25.1 Å². The number of rotatable bonds is 3. The fourth-order valence-corrected chi connectivity index (χ4v) is 3.27. The fraction of sp³-hybridized carbons (Fsp3) is 0.500. The lowest BCUT2D eigenvalue weighted by molar-refractivity contribution is -0.138. The van der Waals surface area contributed by atoms with Crippen LogP contribution in [-0.4, -0.2) is 43.1 Å². The molecule has 2 aromatic rings. The molecule has 2 atom stereocenters. The van der Waals surface area contributed by atoms with Crippen LogP contribution in [-0.2, 0) is 11.3 Å². The van der Waals surface area contributed by atoms with Crippen LogP contribution in [0.15, 0.2) is 24.3 Å². The summed E-state index contributed by atoms with van der Waals surface area (Å²) in [4.78, 5) is 15.9. The molecule has 0 bridgehead atoms. The van der Waals surface area contributed by atoms with Gasteiger partial charge in [0.2, 0.25) is 11.7 Å². The molecular weight excluding hydrogens is 314 g/mol. The number of carbonyl (C=O) groups is 1. The molecule has 0 N–H and O–H groups in total. The first-order chi connectivity index (χ1) is 11.0. The van der Waals surface area contributed by atoms with Crippen LogP contribution in [0.4, 0.5) is 0 Å². The van der Waals surface area contributed by atoms with Crippen molar-refractivity contribution in [3.8, 4) is 11.4 Å². The van der Waals surface area contributed by atoms with Crippen LogP contribution >= 0.6 is 11.6 Å². The smallest absolute Gasteiger partial charge is 0.246 e. The van der Waals surface area contributed by atoms with Crippen LogP contribution in [0, 0.1) is 0 Å². The predicted molar refractivity (Wildman–Crippen MR) is 87.9 cm³/mol. The Morgan fingerprint density at radius 1 is 1.22 bits per heavy atom. The maximum atomic E-state index is 12.6. The summed E-state index contributed by atoms with van der Waals surface area (Å²) in [5.74, 6) is 0.541. The van der Waals surface area contributed by atoms with Gasteiger partial charge in [-0.05, 0) is 62.6 Å². The van der Waals surface area contributed by atoms with Crippen LogP contribution in [0.2, 0.25) is 5.02 Å². The van der Waals surface area contributed by atoms with Crippen molar-refractivity contribution in [2.24, 2.45) is 0 Å². The Morgan fingerprint density at radius 2 is 1.87 bits per heavy atom. The van der Waals surface area contributed by atoms with E-state index in [1.165, 1.54) is 11.2 Å². The van der Waals surface area contributed by atoms with Crippen LogP contribution in [0.1, 0.15) is 33.1 Å². The molecule has 23 heavy (non-hydrogen) atoms. The lowest BCUT2D eigenvalue weighted by Crippen LogP contribution is -2.48. The zero-order valence-electron chi connectivity index (χ0n) is 13.3. The summed E-state index contributed by atoms with van der Waals surface area (Å²) in [5.41, 5.74) is 0.827. The number of carbonyl (C=O) groups excluding carboxylic acids is 1. The summed E-state index contributed by atoms with van der Waals surface area (Å²) in [6, 6.07) is 7.76. The van der Waals surface area contributed by atoms with Crippen LogP contribution in [0.25, 0.3) is 11.4 Å². The summed E-state index contributed by atoms with van der Waals surface area (Å²) in [5, 5.41) is 13.0. The highest BCUT2D eigenvalue weighted by Gasteiger charge is 2.29. The summed E-state index contributed by atoms with van der Waals surface area (Å²) >= 11 is 5.87. The van der Waals surface area contributed by atoms with E-state index in [-0.39, 0.29) is 24.5 Å². The second-order valence-corrected chi connectivity index (χ2v) is 6.52. The first-order valence-corrected chi connectivity index (χ1v) is 8.27. The molecule has 0 radical (unpaired) electrons. The Hall–Kier alpha value is -1.95. The van der Waals surface area contributed by atoms with Crippen molar-refractivity contribution in [1.29, 1.82) is 0 Å². The standard InChI is InChI=1S/C16H20ClN5O/c1-11-4-3-5-12(2)22(11)15(23)10-21-19-16(18-20-21)13-6-8-14(17)9-7-13/h6-9,11-12H,3-5,10H2,1-2H3. The SMILES string of the molecule is CC1CCCC(C)N1C(=O)Cn1nnc(-c2ccc(Cl)cc2)n1. The zero-order valence-corrected chi connectivity index (χ0v) is 14.1. The van der Waals surface area contributed by atoms with Gasteiger partial charge >= 0.3 is 0 Å². The lowest BCUT2D eigenvalue weighted by Gasteiger charge is -2.38. The van der Waals surface area contributed by atoms with Crippen molar-refractivity contribution in [2.45, 2.75) is 51.7 Å². The minimum absolute atomic E-state index is 0.0461. The Bertz CT molecular complexity index is 674. The molecule has 1 fully saturated rings. The number of benzene rings is 1. The van der Waals surface area contributed by atoms with Crippen molar-refractivity contribution < 1.29 is 4.79 Å². The van der Waals surface area contributed by atoms with Crippen LogP contribution < -0.4 is 0 Å². The normalized spacial score (nSPS) is 21.4. The first-order valence-electron chi connectivity index (χ1n) is 7.89. The third-order valence-electron chi connectivity index (χ3n) is 4.31. The number of piperidine rings is 1. The van der Waals surface area contributed by atoms with Crippen molar-refractivity contribution in [2.75, 3.05) is 0 Å². The van der Waals surface area contributed by atoms with Gasteiger partial charge in [-0.2, -0.15) is 4.80 Å². The molecule has 1 aliphatic heterocycles. The fourth-order valence-electron chi connectivity index (χ4n) is 3.14. The molecule has 1 aliphatic rings. The number of aromatic nitrogens is 4. The van der Waals surface area contributed by atoms with Gasteiger partial charge in [0.15, 0.2) is 0 Å². The summed E-state index contributed by atoms with van der Waals surface area (Å²) in [7, 11) is 0. The number of nitrogens with zero attached hydrogens (tertiary/aromatic N) is 5. The average Bonchev–Trinajstić information content (AvgIpc) is 2.96. The molecule has 3 rings (SSSR count). The molecule has 0 spiro atoms. The Kier molecular flexibility index (Phi) is 4.61. The second kappa shape index (κ2) is 6.66. The number of tetrazole rings is 1. The van der Waals surface area contributed by atoms with Crippen molar-refractivity contribution >= 4 is 17.5 Å². The van der Waals surface area contributed by atoms with Gasteiger partial charge in [-0.1, -0.05) is 11.6 Å². The van der Waals surface area contributed by atoms with E-state index < -0.39 is 0 Å². The van der Waals surface area contributed by atoms with Gasteiger partial charge in [-0.25, -0.2) is 0 Å². The molecule has 0 aliphatic carbocycles. The van der Waals surface area contributed by atoms with E-state index in [2.05, 4.69) is 29.3 Å². The van der Waals surface area contributed by atoms with Gasteiger partial charge in [0.25, 0.3) is 0 Å². The number of likely N-dealkylation sites (tertiary alicyclic amines) is 1. The topological polar surface area (TPSA) is 63.9 Å². The van der Waals surface area contributed by atoms with E-state index in [9.17, 15) is 4.79 Å². The molecule has 2 heterocycles. The summed E-state index contributed by atoms with van der Waals surface area (Å²) in [6.07, 6.45) is 3.28. The van der Waals surface area contributed by atoms with E-state index in [0.717, 1.165) is 18.4 Å². The molecule has 2 unspecified atom stereocenters.